The van der Waals surface area contributed by atoms with Crippen molar-refractivity contribution >= 4 is 23.4 Å². The first kappa shape index (κ1) is 12.3. The summed E-state index contributed by atoms with van der Waals surface area (Å²) < 4.78 is 0. The number of hydrogen-bond donors (Lipinski definition) is 1. The third-order valence-corrected chi connectivity index (χ3v) is 4.16. The summed E-state index contributed by atoms with van der Waals surface area (Å²) in [7, 11) is 0. The predicted molar refractivity (Wildman–Crippen MR) is 69.3 cm³/mol. The zero-order valence-corrected chi connectivity index (χ0v) is 10.8. The van der Waals surface area contributed by atoms with Crippen LogP contribution < -0.4 is 0 Å². The lowest BCUT2D eigenvalue weighted by atomic mass is 9.86. The van der Waals surface area contributed by atoms with Gasteiger partial charge in [0.2, 0.25) is 0 Å². The molecular formula is C13H17NO2S. The Balaban J connectivity index is 2.15. The van der Waals surface area contributed by atoms with E-state index in [0.717, 1.165) is 11.1 Å². The number of carbonyl (C=O) groups is 1. The molecule has 0 amide bonds. The van der Waals surface area contributed by atoms with Crippen molar-refractivity contribution < 1.29 is 9.90 Å². The molecule has 1 aliphatic carbocycles. The Morgan fingerprint density at radius 2 is 2.12 bits per heavy atom. The second-order valence-corrected chi connectivity index (χ2v) is 5.73. The molecule has 0 bridgehead atoms. The number of nitrogens with zero attached hydrogens (tertiary/aromatic N) is 1. The van der Waals surface area contributed by atoms with Gasteiger partial charge in [-0.15, -0.1) is 11.3 Å². The molecule has 0 radical (unpaired) electrons. The van der Waals surface area contributed by atoms with Gasteiger partial charge < -0.3 is 5.11 Å². The smallest absolute Gasteiger partial charge is 0.328 e. The first-order valence-electron chi connectivity index (χ1n) is 6.05. The fourth-order valence-corrected chi connectivity index (χ4v) is 3.31. The summed E-state index contributed by atoms with van der Waals surface area (Å²) in [6, 6.07) is 0. The van der Waals surface area contributed by atoms with E-state index in [1.807, 2.05) is 0 Å². The van der Waals surface area contributed by atoms with Crippen molar-refractivity contribution in [2.45, 2.75) is 44.9 Å². The zero-order chi connectivity index (χ0) is 12.3. The molecule has 1 aromatic heterocycles. The molecule has 0 aromatic carbocycles. The third-order valence-electron chi connectivity index (χ3n) is 3.21. The zero-order valence-electron chi connectivity index (χ0n) is 9.98. The molecule has 0 saturated heterocycles. The second kappa shape index (κ2) is 5.45. The van der Waals surface area contributed by atoms with Gasteiger partial charge in [0.15, 0.2) is 0 Å². The number of aromatic nitrogens is 1. The Labute approximate surface area is 105 Å². The van der Waals surface area contributed by atoms with Gasteiger partial charge in [-0.25, -0.2) is 9.78 Å². The predicted octanol–water partition coefficient (Wildman–Crippen LogP) is 3.60. The molecule has 92 valence electrons. The number of carboxylic acids is 1. The minimum absolute atomic E-state index is 0.590. The van der Waals surface area contributed by atoms with E-state index in [2.05, 4.69) is 11.9 Å². The van der Waals surface area contributed by atoms with Gasteiger partial charge in [0.1, 0.15) is 5.01 Å². The van der Waals surface area contributed by atoms with Gasteiger partial charge in [0.25, 0.3) is 0 Å². The maximum Gasteiger partial charge on any atom is 0.328 e. The van der Waals surface area contributed by atoms with E-state index in [1.165, 1.54) is 42.7 Å². The van der Waals surface area contributed by atoms with Crippen LogP contribution >= 0.6 is 11.3 Å². The van der Waals surface area contributed by atoms with Crippen LogP contribution in [0.5, 0.6) is 0 Å². The molecule has 1 saturated carbocycles. The van der Waals surface area contributed by atoms with Gasteiger partial charge in [-0.2, -0.15) is 0 Å². The van der Waals surface area contributed by atoms with Crippen molar-refractivity contribution in [1.82, 2.24) is 4.98 Å². The van der Waals surface area contributed by atoms with Crippen molar-refractivity contribution in [3.63, 3.8) is 0 Å². The number of thiazole rings is 1. The van der Waals surface area contributed by atoms with Crippen molar-refractivity contribution in [2.24, 2.45) is 0 Å². The topological polar surface area (TPSA) is 50.2 Å². The number of aliphatic carboxylic acids is 1. The number of carboxylic acid groups (broad SMARTS) is 1. The maximum atomic E-state index is 10.5. The Bertz CT molecular complexity index is 431. The maximum absolute atomic E-state index is 10.5. The molecule has 1 fully saturated rings. The molecule has 1 heterocycles. The van der Waals surface area contributed by atoms with Gasteiger partial charge >= 0.3 is 5.97 Å². The molecule has 0 spiro atoms. The van der Waals surface area contributed by atoms with Crippen molar-refractivity contribution in [2.75, 3.05) is 0 Å². The Morgan fingerprint density at radius 3 is 2.76 bits per heavy atom. The van der Waals surface area contributed by atoms with E-state index in [0.29, 0.717) is 5.92 Å². The molecule has 0 atom stereocenters. The lowest BCUT2D eigenvalue weighted by molar-refractivity contribution is -0.131. The molecule has 1 N–H and O–H groups in total. The van der Waals surface area contributed by atoms with E-state index < -0.39 is 5.97 Å². The van der Waals surface area contributed by atoms with E-state index in [-0.39, 0.29) is 0 Å². The van der Waals surface area contributed by atoms with Gasteiger partial charge in [-0.3, -0.25) is 0 Å². The quantitative estimate of drug-likeness (QED) is 0.835. The normalized spacial score (nSPS) is 17.7. The molecule has 0 aliphatic heterocycles. The molecule has 4 heteroatoms. The van der Waals surface area contributed by atoms with Crippen LogP contribution in [0.1, 0.15) is 53.6 Å². The second-order valence-electron chi connectivity index (χ2n) is 4.50. The summed E-state index contributed by atoms with van der Waals surface area (Å²) >= 11 is 1.59. The highest BCUT2D eigenvalue weighted by Gasteiger charge is 2.20. The van der Waals surface area contributed by atoms with Gasteiger partial charge in [0, 0.05) is 16.9 Å². The van der Waals surface area contributed by atoms with Crippen molar-refractivity contribution in [1.29, 1.82) is 0 Å². The fourth-order valence-electron chi connectivity index (χ4n) is 2.40. The van der Waals surface area contributed by atoms with E-state index in [1.54, 1.807) is 17.4 Å². The van der Waals surface area contributed by atoms with Crippen LogP contribution in [0.2, 0.25) is 0 Å². The minimum atomic E-state index is -0.919. The largest absolute Gasteiger partial charge is 0.478 e. The van der Waals surface area contributed by atoms with Crippen LogP contribution in [0, 0.1) is 6.92 Å². The van der Waals surface area contributed by atoms with Crippen molar-refractivity contribution in [3.05, 3.63) is 21.7 Å². The van der Waals surface area contributed by atoms with Crippen LogP contribution in [0.15, 0.2) is 6.08 Å². The molecule has 1 aliphatic rings. The standard InChI is InChI=1S/C13H17NO2S/c1-9-13(10-5-3-2-4-6-10)14-11(17-9)7-8-12(15)16/h7-8,10H,2-6H2,1H3,(H,15,16)/b8-7+. The van der Waals surface area contributed by atoms with E-state index in [9.17, 15) is 4.79 Å². The fraction of sp³-hybridized carbons (Fsp3) is 0.538. The van der Waals surface area contributed by atoms with Crippen LogP contribution in [-0.4, -0.2) is 16.1 Å². The number of aryl methyl sites for hydroxylation is 1. The van der Waals surface area contributed by atoms with Crippen LogP contribution in [-0.2, 0) is 4.79 Å². The van der Waals surface area contributed by atoms with E-state index >= 15 is 0 Å². The van der Waals surface area contributed by atoms with Crippen LogP contribution in [0.25, 0.3) is 6.08 Å². The first-order chi connectivity index (χ1) is 8.16. The lowest BCUT2D eigenvalue weighted by Crippen LogP contribution is -2.05. The van der Waals surface area contributed by atoms with Crippen LogP contribution in [0.3, 0.4) is 0 Å². The van der Waals surface area contributed by atoms with Gasteiger partial charge in [-0.05, 0) is 25.8 Å². The Kier molecular flexibility index (Phi) is 3.94. The highest BCUT2D eigenvalue weighted by Crippen LogP contribution is 2.35. The van der Waals surface area contributed by atoms with Crippen LogP contribution in [0.4, 0.5) is 0 Å². The Morgan fingerprint density at radius 1 is 1.41 bits per heavy atom. The molecular weight excluding hydrogens is 234 g/mol. The van der Waals surface area contributed by atoms with Gasteiger partial charge in [-0.1, -0.05) is 19.3 Å². The SMILES string of the molecule is Cc1sc(/C=C/C(=O)O)nc1C1CCCCC1. The van der Waals surface area contributed by atoms with Crippen molar-refractivity contribution in [3.8, 4) is 0 Å². The Hall–Kier alpha value is -1.16. The monoisotopic (exact) mass is 251 g/mol. The summed E-state index contributed by atoms with van der Waals surface area (Å²) in [4.78, 5) is 16.3. The number of hydrogen-bond acceptors (Lipinski definition) is 3. The average Bonchev–Trinajstić information content (AvgIpc) is 2.69. The molecule has 17 heavy (non-hydrogen) atoms. The number of rotatable bonds is 3. The molecule has 1 aromatic rings. The van der Waals surface area contributed by atoms with E-state index in [4.69, 9.17) is 5.11 Å². The summed E-state index contributed by atoms with van der Waals surface area (Å²) in [6.45, 7) is 2.08. The summed E-state index contributed by atoms with van der Waals surface area (Å²) in [5.41, 5.74) is 1.19. The summed E-state index contributed by atoms with van der Waals surface area (Å²) in [6.07, 6.45) is 9.13. The highest BCUT2D eigenvalue weighted by molar-refractivity contribution is 7.12. The molecule has 2 rings (SSSR count). The minimum Gasteiger partial charge on any atom is -0.478 e. The third kappa shape index (κ3) is 3.16. The lowest BCUT2D eigenvalue weighted by Gasteiger charge is -2.20. The molecule has 3 nitrogen and oxygen atoms in total. The summed E-state index contributed by atoms with van der Waals surface area (Å²) in [5, 5.41) is 9.40. The summed E-state index contributed by atoms with van der Waals surface area (Å²) in [5.74, 6) is -0.330. The highest BCUT2D eigenvalue weighted by atomic mass is 32.1. The first-order valence-corrected chi connectivity index (χ1v) is 6.87. The molecule has 0 unspecified atom stereocenters. The average molecular weight is 251 g/mol. The van der Waals surface area contributed by atoms with Gasteiger partial charge in [0.05, 0.1) is 5.69 Å².